The van der Waals surface area contributed by atoms with E-state index in [0.717, 1.165) is 46.2 Å². The molecule has 0 saturated carbocycles. The molecule has 1 aliphatic heterocycles. The summed E-state index contributed by atoms with van der Waals surface area (Å²) >= 11 is 0. The molecule has 0 fully saturated rings. The SMILES string of the molecule is c1ccc2c(c1)oc1c([C@H]3NCCc4[nH]cnc43)cccc12. The lowest BCUT2D eigenvalue weighted by Gasteiger charge is -2.23. The van der Waals surface area contributed by atoms with Crippen LogP contribution in [0, 0.1) is 0 Å². The molecular formula is C18H15N3O. The number of hydrogen-bond donors (Lipinski definition) is 2. The molecule has 0 bridgehead atoms. The number of aromatic amines is 1. The second-order valence-electron chi connectivity index (χ2n) is 5.73. The van der Waals surface area contributed by atoms with Crippen molar-refractivity contribution in [2.75, 3.05) is 6.54 Å². The minimum atomic E-state index is 0.0827. The summed E-state index contributed by atoms with van der Waals surface area (Å²) in [5.41, 5.74) is 5.35. The molecule has 1 atom stereocenters. The fourth-order valence-corrected chi connectivity index (χ4v) is 3.47. The van der Waals surface area contributed by atoms with Crippen molar-refractivity contribution in [2.24, 2.45) is 0 Å². The lowest BCUT2D eigenvalue weighted by atomic mass is 9.96. The number of nitrogens with one attached hydrogen (secondary N) is 2. The quantitative estimate of drug-likeness (QED) is 0.563. The second kappa shape index (κ2) is 4.45. The van der Waals surface area contributed by atoms with Gasteiger partial charge >= 0.3 is 0 Å². The molecule has 4 nitrogen and oxygen atoms in total. The molecule has 5 rings (SSSR count). The van der Waals surface area contributed by atoms with E-state index in [4.69, 9.17) is 4.42 Å². The number of aromatic nitrogens is 2. The summed E-state index contributed by atoms with van der Waals surface area (Å²) in [7, 11) is 0. The van der Waals surface area contributed by atoms with Crippen molar-refractivity contribution < 1.29 is 4.42 Å². The Hall–Kier alpha value is -2.59. The normalized spacial score (nSPS) is 17.9. The first-order valence-electron chi connectivity index (χ1n) is 7.57. The van der Waals surface area contributed by atoms with Gasteiger partial charge in [-0.1, -0.05) is 36.4 Å². The number of fused-ring (bicyclic) bond motifs is 4. The van der Waals surface area contributed by atoms with Crippen LogP contribution < -0.4 is 5.32 Å². The van der Waals surface area contributed by atoms with Gasteiger partial charge in [0.1, 0.15) is 11.2 Å². The predicted octanol–water partition coefficient (Wildman–Crippen LogP) is 3.54. The average molecular weight is 289 g/mol. The molecule has 22 heavy (non-hydrogen) atoms. The molecule has 0 spiro atoms. The number of furan rings is 1. The number of benzene rings is 2. The highest BCUT2D eigenvalue weighted by molar-refractivity contribution is 6.06. The molecule has 0 saturated heterocycles. The third-order valence-corrected chi connectivity index (χ3v) is 4.49. The Morgan fingerprint density at radius 1 is 1.05 bits per heavy atom. The molecular weight excluding hydrogens is 274 g/mol. The molecule has 2 N–H and O–H groups in total. The maximum Gasteiger partial charge on any atom is 0.140 e. The molecule has 0 amide bonds. The van der Waals surface area contributed by atoms with Crippen molar-refractivity contribution in [1.29, 1.82) is 0 Å². The van der Waals surface area contributed by atoms with E-state index in [0.29, 0.717) is 0 Å². The summed E-state index contributed by atoms with van der Waals surface area (Å²) in [5.74, 6) is 0. The van der Waals surface area contributed by atoms with Crippen LogP contribution in [-0.4, -0.2) is 16.5 Å². The van der Waals surface area contributed by atoms with E-state index >= 15 is 0 Å². The second-order valence-corrected chi connectivity index (χ2v) is 5.73. The Morgan fingerprint density at radius 2 is 1.95 bits per heavy atom. The molecule has 4 heteroatoms. The first kappa shape index (κ1) is 12.0. The highest BCUT2D eigenvalue weighted by Gasteiger charge is 2.26. The van der Waals surface area contributed by atoms with E-state index in [1.807, 2.05) is 12.1 Å². The summed E-state index contributed by atoms with van der Waals surface area (Å²) in [6.07, 6.45) is 2.77. The molecule has 2 aromatic carbocycles. The lowest BCUT2D eigenvalue weighted by Crippen LogP contribution is -2.30. The molecule has 0 unspecified atom stereocenters. The molecule has 1 aliphatic rings. The van der Waals surface area contributed by atoms with Crippen molar-refractivity contribution in [2.45, 2.75) is 12.5 Å². The van der Waals surface area contributed by atoms with Crippen LogP contribution >= 0.6 is 0 Å². The van der Waals surface area contributed by atoms with Crippen LogP contribution in [0.5, 0.6) is 0 Å². The van der Waals surface area contributed by atoms with Crippen LogP contribution in [0.25, 0.3) is 21.9 Å². The smallest absolute Gasteiger partial charge is 0.140 e. The fourth-order valence-electron chi connectivity index (χ4n) is 3.47. The average Bonchev–Trinajstić information content (AvgIpc) is 3.18. The van der Waals surface area contributed by atoms with Gasteiger partial charge in [0, 0.05) is 35.0 Å². The molecule has 108 valence electrons. The van der Waals surface area contributed by atoms with Crippen molar-refractivity contribution in [3.63, 3.8) is 0 Å². The van der Waals surface area contributed by atoms with Crippen LogP contribution in [0.15, 0.2) is 53.2 Å². The Bertz CT molecular complexity index is 982. The van der Waals surface area contributed by atoms with E-state index < -0.39 is 0 Å². The topological polar surface area (TPSA) is 53.9 Å². The van der Waals surface area contributed by atoms with Gasteiger partial charge in [-0.05, 0) is 6.07 Å². The van der Waals surface area contributed by atoms with Gasteiger partial charge in [-0.15, -0.1) is 0 Å². The first-order chi connectivity index (χ1) is 10.9. The van der Waals surface area contributed by atoms with Crippen LogP contribution in [0.4, 0.5) is 0 Å². The summed E-state index contributed by atoms with van der Waals surface area (Å²) in [6.45, 7) is 0.941. The summed E-state index contributed by atoms with van der Waals surface area (Å²) < 4.78 is 6.15. The van der Waals surface area contributed by atoms with Crippen molar-refractivity contribution in [1.82, 2.24) is 15.3 Å². The van der Waals surface area contributed by atoms with E-state index in [1.54, 1.807) is 6.33 Å². The summed E-state index contributed by atoms with van der Waals surface area (Å²) in [4.78, 5) is 7.77. The van der Waals surface area contributed by atoms with E-state index in [1.165, 1.54) is 5.69 Å². The van der Waals surface area contributed by atoms with Gasteiger partial charge in [0.05, 0.1) is 18.1 Å². The molecule has 0 aliphatic carbocycles. The summed E-state index contributed by atoms with van der Waals surface area (Å²) in [5, 5.41) is 5.90. The predicted molar refractivity (Wildman–Crippen MR) is 85.9 cm³/mol. The van der Waals surface area contributed by atoms with Gasteiger partial charge in [0.15, 0.2) is 0 Å². The van der Waals surface area contributed by atoms with Crippen molar-refractivity contribution >= 4 is 21.9 Å². The van der Waals surface area contributed by atoms with Crippen LogP contribution in [-0.2, 0) is 6.42 Å². The van der Waals surface area contributed by atoms with Gasteiger partial charge in [0.25, 0.3) is 0 Å². The maximum absolute atomic E-state index is 6.15. The minimum Gasteiger partial charge on any atom is -0.456 e. The zero-order valence-electron chi connectivity index (χ0n) is 12.0. The van der Waals surface area contributed by atoms with Gasteiger partial charge in [0.2, 0.25) is 0 Å². The minimum absolute atomic E-state index is 0.0827. The van der Waals surface area contributed by atoms with Crippen LogP contribution in [0.2, 0.25) is 0 Å². The Morgan fingerprint density at radius 3 is 2.95 bits per heavy atom. The number of H-pyrrole nitrogens is 1. The Kier molecular flexibility index (Phi) is 2.43. The van der Waals surface area contributed by atoms with E-state index in [2.05, 4.69) is 45.6 Å². The standard InChI is InChI=1S/C18H15N3O/c1-2-7-15-11(4-1)12-5-3-6-13(18(12)22-15)16-17-14(8-9-19-16)20-10-21-17/h1-7,10,16,19H,8-9H2,(H,20,21)/t16-/m1/s1. The summed E-state index contributed by atoms with van der Waals surface area (Å²) in [6, 6.07) is 14.6. The molecule has 0 radical (unpaired) electrons. The van der Waals surface area contributed by atoms with E-state index in [-0.39, 0.29) is 6.04 Å². The zero-order chi connectivity index (χ0) is 14.5. The highest BCUT2D eigenvalue weighted by Crippen LogP contribution is 2.36. The monoisotopic (exact) mass is 289 g/mol. The lowest BCUT2D eigenvalue weighted by molar-refractivity contribution is 0.547. The maximum atomic E-state index is 6.15. The molecule has 3 heterocycles. The first-order valence-corrected chi connectivity index (χ1v) is 7.57. The highest BCUT2D eigenvalue weighted by atomic mass is 16.3. The number of nitrogens with zero attached hydrogens (tertiary/aromatic N) is 1. The van der Waals surface area contributed by atoms with Crippen LogP contribution in [0.3, 0.4) is 0 Å². The van der Waals surface area contributed by atoms with Gasteiger partial charge in [-0.25, -0.2) is 4.98 Å². The van der Waals surface area contributed by atoms with Gasteiger partial charge in [-0.3, -0.25) is 0 Å². The Balaban J connectivity index is 1.79. The number of rotatable bonds is 1. The third-order valence-electron chi connectivity index (χ3n) is 4.49. The van der Waals surface area contributed by atoms with Crippen LogP contribution in [0.1, 0.15) is 23.0 Å². The van der Waals surface area contributed by atoms with Crippen molar-refractivity contribution in [3.05, 3.63) is 65.7 Å². The fraction of sp³-hybridized carbons (Fsp3) is 0.167. The van der Waals surface area contributed by atoms with Crippen molar-refractivity contribution in [3.8, 4) is 0 Å². The largest absolute Gasteiger partial charge is 0.456 e. The van der Waals surface area contributed by atoms with E-state index in [9.17, 15) is 0 Å². The molecule has 2 aromatic heterocycles. The number of imidazole rings is 1. The third kappa shape index (κ3) is 1.58. The molecule has 4 aromatic rings. The van der Waals surface area contributed by atoms with Gasteiger partial charge in [-0.2, -0.15) is 0 Å². The zero-order valence-corrected chi connectivity index (χ0v) is 12.0. The Labute approximate surface area is 127 Å². The van der Waals surface area contributed by atoms with Gasteiger partial charge < -0.3 is 14.7 Å². The number of para-hydroxylation sites is 2. The number of hydrogen-bond acceptors (Lipinski definition) is 3.